The molecule has 1 rings (SSSR count). The third-order valence-electron chi connectivity index (χ3n) is 1.83. The van der Waals surface area contributed by atoms with E-state index in [0.717, 1.165) is 19.4 Å². The van der Waals surface area contributed by atoms with Gasteiger partial charge < -0.3 is 15.2 Å². The van der Waals surface area contributed by atoms with Crippen molar-refractivity contribution in [1.82, 2.24) is 5.32 Å². The minimum absolute atomic E-state index is 0.274. The first-order chi connectivity index (χ1) is 5.79. The Morgan fingerprint density at radius 1 is 1.75 bits per heavy atom. The van der Waals surface area contributed by atoms with Gasteiger partial charge in [0.25, 0.3) is 0 Å². The van der Waals surface area contributed by atoms with Crippen LogP contribution >= 0.6 is 0 Å². The van der Waals surface area contributed by atoms with Crippen molar-refractivity contribution in [2.24, 2.45) is 0 Å². The Labute approximate surface area is 73.4 Å². The van der Waals surface area contributed by atoms with Crippen LogP contribution in [0.2, 0.25) is 0 Å². The van der Waals surface area contributed by atoms with E-state index in [2.05, 4.69) is 5.32 Å². The maximum absolute atomic E-state index is 8.96. The van der Waals surface area contributed by atoms with Crippen LogP contribution in [0.5, 0.6) is 0 Å². The normalized spacial score (nSPS) is 25.0. The van der Waals surface area contributed by atoms with E-state index >= 15 is 0 Å². The maximum Gasteiger partial charge on any atom is 0.110 e. The Morgan fingerprint density at radius 3 is 3.17 bits per heavy atom. The average molecular weight is 171 g/mol. The zero-order chi connectivity index (χ0) is 8.81. The highest BCUT2D eigenvalue weighted by atomic mass is 16.5. The molecule has 0 aromatic heterocycles. The Balaban J connectivity index is 2.03. The van der Waals surface area contributed by atoms with Gasteiger partial charge in [0.1, 0.15) is 6.10 Å². The first kappa shape index (κ1) is 9.55. The predicted octanol–water partition coefficient (Wildman–Crippen LogP) is 0.649. The Hall–Kier alpha value is -0.540. The Bertz CT molecular complexity index is 145. The SMILES string of the molecule is CC(O)CNCC1CCC=CO1. The molecule has 3 heteroatoms. The van der Waals surface area contributed by atoms with Crippen molar-refractivity contribution in [3.63, 3.8) is 0 Å². The summed E-state index contributed by atoms with van der Waals surface area (Å²) in [5, 5.41) is 12.1. The van der Waals surface area contributed by atoms with Crippen LogP contribution in [-0.2, 0) is 4.74 Å². The van der Waals surface area contributed by atoms with Gasteiger partial charge in [0, 0.05) is 13.1 Å². The molecule has 0 bridgehead atoms. The van der Waals surface area contributed by atoms with E-state index in [9.17, 15) is 0 Å². The lowest BCUT2D eigenvalue weighted by molar-refractivity contribution is 0.115. The molecule has 3 nitrogen and oxygen atoms in total. The van der Waals surface area contributed by atoms with Gasteiger partial charge in [-0.2, -0.15) is 0 Å². The zero-order valence-electron chi connectivity index (χ0n) is 7.49. The molecule has 2 atom stereocenters. The van der Waals surface area contributed by atoms with Crippen LogP contribution in [0.25, 0.3) is 0 Å². The molecule has 1 aliphatic rings. The first-order valence-corrected chi connectivity index (χ1v) is 4.48. The molecule has 0 spiro atoms. The minimum atomic E-state index is -0.274. The summed E-state index contributed by atoms with van der Waals surface area (Å²) in [5.41, 5.74) is 0. The number of ether oxygens (including phenoxy) is 1. The lowest BCUT2D eigenvalue weighted by Gasteiger charge is -2.20. The summed E-state index contributed by atoms with van der Waals surface area (Å²) in [7, 11) is 0. The summed E-state index contributed by atoms with van der Waals surface area (Å²) in [4.78, 5) is 0. The lowest BCUT2D eigenvalue weighted by Crippen LogP contribution is -2.33. The number of rotatable bonds is 4. The van der Waals surface area contributed by atoms with Gasteiger partial charge in [-0.15, -0.1) is 0 Å². The Morgan fingerprint density at radius 2 is 2.58 bits per heavy atom. The van der Waals surface area contributed by atoms with Gasteiger partial charge in [0.05, 0.1) is 12.4 Å². The number of aliphatic hydroxyl groups excluding tert-OH is 1. The smallest absolute Gasteiger partial charge is 0.110 e. The number of nitrogens with one attached hydrogen (secondary N) is 1. The number of hydrogen-bond acceptors (Lipinski definition) is 3. The molecule has 0 aromatic rings. The van der Waals surface area contributed by atoms with E-state index in [-0.39, 0.29) is 12.2 Å². The molecule has 2 unspecified atom stereocenters. The van der Waals surface area contributed by atoms with E-state index < -0.39 is 0 Å². The summed E-state index contributed by atoms with van der Waals surface area (Å²) < 4.78 is 5.34. The molecular formula is C9H17NO2. The second-order valence-electron chi connectivity index (χ2n) is 3.21. The van der Waals surface area contributed by atoms with Gasteiger partial charge in [-0.3, -0.25) is 0 Å². The van der Waals surface area contributed by atoms with Crippen LogP contribution in [-0.4, -0.2) is 30.4 Å². The minimum Gasteiger partial charge on any atom is -0.497 e. The van der Waals surface area contributed by atoms with Crippen LogP contribution in [0, 0.1) is 0 Å². The quantitative estimate of drug-likeness (QED) is 0.652. The highest BCUT2D eigenvalue weighted by Gasteiger charge is 2.09. The second kappa shape index (κ2) is 5.17. The summed E-state index contributed by atoms with van der Waals surface area (Å²) in [5.74, 6) is 0. The summed E-state index contributed by atoms with van der Waals surface area (Å²) >= 11 is 0. The standard InChI is InChI=1S/C9H17NO2/c1-8(11)6-10-7-9-4-2-3-5-12-9/h3,5,8-11H,2,4,6-7H2,1H3. The molecule has 1 aliphatic heterocycles. The number of allylic oxidation sites excluding steroid dienone is 1. The third kappa shape index (κ3) is 3.74. The molecule has 0 fully saturated rings. The van der Waals surface area contributed by atoms with Gasteiger partial charge in [-0.1, -0.05) is 0 Å². The highest BCUT2D eigenvalue weighted by molar-refractivity contribution is 4.82. The predicted molar refractivity (Wildman–Crippen MR) is 47.8 cm³/mol. The zero-order valence-corrected chi connectivity index (χ0v) is 7.49. The van der Waals surface area contributed by atoms with Gasteiger partial charge >= 0.3 is 0 Å². The fourth-order valence-corrected chi connectivity index (χ4v) is 1.19. The molecule has 0 saturated carbocycles. The van der Waals surface area contributed by atoms with Gasteiger partial charge in [0.2, 0.25) is 0 Å². The molecular weight excluding hydrogens is 154 g/mol. The Kier molecular flexibility index (Phi) is 4.11. The van der Waals surface area contributed by atoms with Crippen molar-refractivity contribution in [2.45, 2.75) is 32.0 Å². The second-order valence-corrected chi connectivity index (χ2v) is 3.21. The third-order valence-corrected chi connectivity index (χ3v) is 1.83. The monoisotopic (exact) mass is 171 g/mol. The van der Waals surface area contributed by atoms with Gasteiger partial charge in [-0.25, -0.2) is 0 Å². The van der Waals surface area contributed by atoms with Crippen molar-refractivity contribution < 1.29 is 9.84 Å². The molecule has 12 heavy (non-hydrogen) atoms. The van der Waals surface area contributed by atoms with E-state index in [1.807, 2.05) is 6.08 Å². The fraction of sp³-hybridized carbons (Fsp3) is 0.778. The van der Waals surface area contributed by atoms with Gasteiger partial charge in [-0.05, 0) is 25.8 Å². The van der Waals surface area contributed by atoms with E-state index in [1.54, 1.807) is 13.2 Å². The molecule has 0 aliphatic carbocycles. The van der Waals surface area contributed by atoms with Crippen molar-refractivity contribution >= 4 is 0 Å². The van der Waals surface area contributed by atoms with Crippen molar-refractivity contribution in [3.8, 4) is 0 Å². The van der Waals surface area contributed by atoms with E-state index in [0.29, 0.717) is 6.54 Å². The van der Waals surface area contributed by atoms with Crippen LogP contribution in [0.3, 0.4) is 0 Å². The summed E-state index contributed by atoms with van der Waals surface area (Å²) in [6.07, 6.45) is 5.98. The maximum atomic E-state index is 8.96. The molecule has 2 N–H and O–H groups in total. The topological polar surface area (TPSA) is 41.5 Å². The van der Waals surface area contributed by atoms with Crippen molar-refractivity contribution in [3.05, 3.63) is 12.3 Å². The molecule has 0 radical (unpaired) electrons. The number of hydrogen-bond donors (Lipinski definition) is 2. The molecule has 0 amide bonds. The summed E-state index contributed by atoms with van der Waals surface area (Å²) in [6.45, 7) is 3.24. The molecule has 0 aromatic carbocycles. The van der Waals surface area contributed by atoms with Crippen LogP contribution in [0.1, 0.15) is 19.8 Å². The van der Waals surface area contributed by atoms with Crippen molar-refractivity contribution in [2.75, 3.05) is 13.1 Å². The van der Waals surface area contributed by atoms with Crippen LogP contribution in [0.15, 0.2) is 12.3 Å². The van der Waals surface area contributed by atoms with Gasteiger partial charge in [0.15, 0.2) is 0 Å². The largest absolute Gasteiger partial charge is 0.497 e. The van der Waals surface area contributed by atoms with E-state index in [1.165, 1.54) is 0 Å². The molecule has 1 heterocycles. The average Bonchev–Trinajstić information content (AvgIpc) is 2.05. The summed E-state index contributed by atoms with van der Waals surface area (Å²) in [6, 6.07) is 0. The first-order valence-electron chi connectivity index (χ1n) is 4.48. The molecule has 0 saturated heterocycles. The van der Waals surface area contributed by atoms with E-state index in [4.69, 9.17) is 9.84 Å². The van der Waals surface area contributed by atoms with Crippen LogP contribution < -0.4 is 5.32 Å². The molecule has 70 valence electrons. The number of aliphatic hydroxyl groups is 1. The van der Waals surface area contributed by atoms with Crippen molar-refractivity contribution in [1.29, 1.82) is 0 Å². The highest BCUT2D eigenvalue weighted by Crippen LogP contribution is 2.08. The fourth-order valence-electron chi connectivity index (χ4n) is 1.19. The lowest BCUT2D eigenvalue weighted by atomic mass is 10.1. The van der Waals surface area contributed by atoms with Crippen LogP contribution in [0.4, 0.5) is 0 Å².